The van der Waals surface area contributed by atoms with Crippen molar-refractivity contribution in [1.82, 2.24) is 9.47 Å². The fourth-order valence-electron chi connectivity index (χ4n) is 3.00. The van der Waals surface area contributed by atoms with Crippen molar-refractivity contribution in [1.29, 1.82) is 0 Å². The monoisotopic (exact) mass is 332 g/mol. The molecular formula is C17H20N2O5. The summed E-state index contributed by atoms with van der Waals surface area (Å²) in [6, 6.07) is 6.65. The molecule has 7 heteroatoms. The number of carbonyl (C=O) groups is 2. The number of morpholine rings is 1. The van der Waals surface area contributed by atoms with E-state index < -0.39 is 12.0 Å². The molecule has 1 aromatic carbocycles. The number of para-hydroxylation sites is 1. The van der Waals surface area contributed by atoms with Gasteiger partial charge < -0.3 is 24.0 Å². The minimum Gasteiger partial charge on any atom is -0.480 e. The largest absolute Gasteiger partial charge is 0.480 e. The van der Waals surface area contributed by atoms with Gasteiger partial charge in [0.25, 0.3) is 5.91 Å². The fraction of sp³-hybridized carbons (Fsp3) is 0.412. The maximum atomic E-state index is 13.0. The highest BCUT2D eigenvalue weighted by Crippen LogP contribution is 2.24. The summed E-state index contributed by atoms with van der Waals surface area (Å²) in [5.74, 6) is -1.33. The number of aliphatic carboxylic acids is 1. The van der Waals surface area contributed by atoms with Crippen LogP contribution >= 0.6 is 0 Å². The summed E-state index contributed by atoms with van der Waals surface area (Å²) in [5, 5.41) is 10.2. The molecule has 1 saturated heterocycles. The van der Waals surface area contributed by atoms with E-state index in [1.807, 2.05) is 28.8 Å². The lowest BCUT2D eigenvalue weighted by Crippen LogP contribution is -2.52. The Morgan fingerprint density at radius 2 is 2.17 bits per heavy atom. The Labute approximate surface area is 139 Å². The number of nitrogens with zero attached hydrogens (tertiary/aromatic N) is 2. The molecule has 0 bridgehead atoms. The summed E-state index contributed by atoms with van der Waals surface area (Å²) in [4.78, 5) is 25.8. The number of carboxylic acids is 1. The third-order valence-electron chi connectivity index (χ3n) is 4.23. The lowest BCUT2D eigenvalue weighted by molar-refractivity contribution is -0.147. The number of ether oxygens (including phenoxy) is 2. The number of methoxy groups -OCH3 is 1. The molecule has 0 aliphatic carbocycles. The molecular weight excluding hydrogens is 312 g/mol. The highest BCUT2D eigenvalue weighted by molar-refractivity contribution is 6.08. The van der Waals surface area contributed by atoms with E-state index in [-0.39, 0.29) is 19.1 Å². The first-order valence-corrected chi connectivity index (χ1v) is 7.82. The molecule has 1 aromatic heterocycles. The summed E-state index contributed by atoms with van der Waals surface area (Å²) >= 11 is 0. The Morgan fingerprint density at radius 1 is 1.38 bits per heavy atom. The van der Waals surface area contributed by atoms with Crippen LogP contribution in [0, 0.1) is 0 Å². The Hall–Kier alpha value is -2.38. The molecule has 0 unspecified atom stereocenters. The van der Waals surface area contributed by atoms with Crippen molar-refractivity contribution in [3.05, 3.63) is 36.0 Å². The number of carboxylic acid groups (broad SMARTS) is 1. The number of fused-ring (bicyclic) bond motifs is 1. The number of aromatic nitrogens is 1. The summed E-state index contributed by atoms with van der Waals surface area (Å²) in [5.41, 5.74) is 1.44. The van der Waals surface area contributed by atoms with Crippen LogP contribution in [0.2, 0.25) is 0 Å². The van der Waals surface area contributed by atoms with Crippen LogP contribution in [0.1, 0.15) is 10.4 Å². The molecule has 0 radical (unpaired) electrons. The van der Waals surface area contributed by atoms with Crippen LogP contribution in [0.4, 0.5) is 0 Å². The summed E-state index contributed by atoms with van der Waals surface area (Å²) < 4.78 is 12.3. The summed E-state index contributed by atoms with van der Waals surface area (Å²) in [6.07, 6.45) is 1.78. The Morgan fingerprint density at radius 3 is 2.92 bits per heavy atom. The van der Waals surface area contributed by atoms with E-state index in [4.69, 9.17) is 9.47 Å². The molecule has 1 aliphatic rings. The van der Waals surface area contributed by atoms with Gasteiger partial charge in [-0.3, -0.25) is 4.79 Å². The van der Waals surface area contributed by atoms with Crippen molar-refractivity contribution in [3.63, 3.8) is 0 Å². The predicted molar refractivity (Wildman–Crippen MR) is 87.1 cm³/mol. The zero-order valence-electron chi connectivity index (χ0n) is 13.5. The summed E-state index contributed by atoms with van der Waals surface area (Å²) in [6.45, 7) is 1.78. The van der Waals surface area contributed by atoms with Gasteiger partial charge >= 0.3 is 5.97 Å². The molecule has 1 amide bonds. The van der Waals surface area contributed by atoms with E-state index >= 15 is 0 Å². The van der Waals surface area contributed by atoms with Crippen LogP contribution in [-0.2, 0) is 20.8 Å². The predicted octanol–water partition coefficient (Wildman–Crippen LogP) is 1.21. The lowest BCUT2D eigenvalue weighted by atomic mass is 10.1. The topological polar surface area (TPSA) is 81.0 Å². The zero-order chi connectivity index (χ0) is 17.1. The van der Waals surface area contributed by atoms with E-state index in [0.717, 1.165) is 10.9 Å². The lowest BCUT2D eigenvalue weighted by Gasteiger charge is -2.32. The van der Waals surface area contributed by atoms with E-state index in [9.17, 15) is 14.7 Å². The van der Waals surface area contributed by atoms with E-state index in [1.54, 1.807) is 13.3 Å². The van der Waals surface area contributed by atoms with Crippen LogP contribution < -0.4 is 0 Å². The molecule has 7 nitrogen and oxygen atoms in total. The summed E-state index contributed by atoms with van der Waals surface area (Å²) in [7, 11) is 1.63. The van der Waals surface area contributed by atoms with Crippen molar-refractivity contribution in [2.75, 3.05) is 33.5 Å². The number of benzene rings is 1. The maximum absolute atomic E-state index is 13.0. The smallest absolute Gasteiger partial charge is 0.328 e. The van der Waals surface area contributed by atoms with Crippen molar-refractivity contribution < 1.29 is 24.2 Å². The van der Waals surface area contributed by atoms with Crippen LogP contribution in [0.5, 0.6) is 0 Å². The Kier molecular flexibility index (Phi) is 4.82. The average Bonchev–Trinajstić information content (AvgIpc) is 2.98. The van der Waals surface area contributed by atoms with Gasteiger partial charge in [-0.1, -0.05) is 18.2 Å². The number of amides is 1. The van der Waals surface area contributed by atoms with Gasteiger partial charge in [-0.05, 0) is 6.07 Å². The van der Waals surface area contributed by atoms with Gasteiger partial charge in [0, 0.05) is 37.3 Å². The molecule has 1 aliphatic heterocycles. The quantitative estimate of drug-likeness (QED) is 0.890. The second-order valence-corrected chi connectivity index (χ2v) is 5.67. The van der Waals surface area contributed by atoms with Gasteiger partial charge in [-0.15, -0.1) is 0 Å². The van der Waals surface area contributed by atoms with Crippen molar-refractivity contribution >= 4 is 22.8 Å². The van der Waals surface area contributed by atoms with Gasteiger partial charge in [0.15, 0.2) is 6.04 Å². The first-order chi connectivity index (χ1) is 11.6. The van der Waals surface area contributed by atoms with Crippen LogP contribution in [0.3, 0.4) is 0 Å². The van der Waals surface area contributed by atoms with Gasteiger partial charge in [-0.2, -0.15) is 0 Å². The van der Waals surface area contributed by atoms with Crippen LogP contribution in [0.25, 0.3) is 10.9 Å². The van der Waals surface area contributed by atoms with Gasteiger partial charge in [0.05, 0.1) is 25.4 Å². The van der Waals surface area contributed by atoms with E-state index in [0.29, 0.717) is 25.3 Å². The standard InChI is InChI=1S/C17H20N2O5/c1-23-8-6-18-10-13(12-4-2-3-5-14(12)18)16(20)19-7-9-24-11-15(19)17(21)22/h2-5,10,15H,6-9,11H2,1H3,(H,21,22)/t15-/m1/s1. The minimum atomic E-state index is -1.05. The first kappa shape index (κ1) is 16.5. The molecule has 0 saturated carbocycles. The second kappa shape index (κ2) is 7.02. The number of carbonyl (C=O) groups excluding carboxylic acids is 1. The normalized spacial score (nSPS) is 18.0. The number of hydrogen-bond donors (Lipinski definition) is 1. The van der Waals surface area contributed by atoms with E-state index in [1.165, 1.54) is 4.90 Å². The molecule has 3 rings (SSSR count). The molecule has 24 heavy (non-hydrogen) atoms. The zero-order valence-corrected chi connectivity index (χ0v) is 13.5. The Bertz CT molecular complexity index is 755. The molecule has 0 spiro atoms. The minimum absolute atomic E-state index is 0.0173. The molecule has 1 atom stereocenters. The van der Waals surface area contributed by atoms with Gasteiger partial charge in [0.1, 0.15) is 0 Å². The van der Waals surface area contributed by atoms with Crippen LogP contribution in [0.15, 0.2) is 30.5 Å². The fourth-order valence-corrected chi connectivity index (χ4v) is 3.00. The van der Waals surface area contributed by atoms with Crippen LogP contribution in [-0.4, -0.2) is 66.0 Å². The highest BCUT2D eigenvalue weighted by atomic mass is 16.5. The van der Waals surface area contributed by atoms with Crippen molar-refractivity contribution in [3.8, 4) is 0 Å². The number of rotatable bonds is 5. The van der Waals surface area contributed by atoms with Gasteiger partial charge in [-0.25, -0.2) is 4.79 Å². The maximum Gasteiger partial charge on any atom is 0.328 e. The first-order valence-electron chi connectivity index (χ1n) is 7.82. The highest BCUT2D eigenvalue weighted by Gasteiger charge is 2.34. The van der Waals surface area contributed by atoms with Gasteiger partial charge in [0.2, 0.25) is 0 Å². The third kappa shape index (κ3) is 3.00. The van der Waals surface area contributed by atoms with Crippen molar-refractivity contribution in [2.45, 2.75) is 12.6 Å². The third-order valence-corrected chi connectivity index (χ3v) is 4.23. The SMILES string of the molecule is COCCn1cc(C(=O)N2CCOC[C@@H]2C(=O)O)c2ccccc21. The van der Waals surface area contributed by atoms with Crippen molar-refractivity contribution in [2.24, 2.45) is 0 Å². The molecule has 1 fully saturated rings. The molecule has 128 valence electrons. The number of hydrogen-bond acceptors (Lipinski definition) is 4. The molecule has 2 aromatic rings. The average molecular weight is 332 g/mol. The second-order valence-electron chi connectivity index (χ2n) is 5.67. The van der Waals surface area contributed by atoms with E-state index in [2.05, 4.69) is 0 Å². The Balaban J connectivity index is 1.98. The molecule has 2 heterocycles. The molecule has 1 N–H and O–H groups in total.